The van der Waals surface area contributed by atoms with Crippen LogP contribution in [0.4, 0.5) is 42.5 Å². The first-order valence-corrected chi connectivity index (χ1v) is 8.42. The molecule has 12 heteroatoms. The number of nitrogens with zero attached hydrogens (tertiary/aromatic N) is 2. The number of nitrogens with one attached hydrogen (secondary N) is 2. The summed E-state index contributed by atoms with van der Waals surface area (Å²) in [6.45, 7) is 1.48. The van der Waals surface area contributed by atoms with Crippen molar-refractivity contribution in [3.63, 3.8) is 0 Å². The fourth-order valence-electron chi connectivity index (χ4n) is 2.48. The highest BCUT2D eigenvalue weighted by Gasteiger charge is 2.38. The molecule has 2 rings (SSSR count). The van der Waals surface area contributed by atoms with Crippen LogP contribution in [0.2, 0.25) is 0 Å². The van der Waals surface area contributed by atoms with Crippen molar-refractivity contribution >= 4 is 17.3 Å². The van der Waals surface area contributed by atoms with Crippen molar-refractivity contribution in [1.29, 1.82) is 0 Å². The molecule has 1 aliphatic rings. The SMILES string of the molecule is CC(Nc1nc(NC(C)C(F)(F)F)c(F)c(C2=CC(O)CCC2)n1)C(F)(F)F. The van der Waals surface area contributed by atoms with Crippen LogP contribution in [0.1, 0.15) is 38.8 Å². The summed E-state index contributed by atoms with van der Waals surface area (Å²) in [5.41, 5.74) is -0.272. The van der Waals surface area contributed by atoms with Gasteiger partial charge in [-0.15, -0.1) is 0 Å². The van der Waals surface area contributed by atoms with E-state index in [0.29, 0.717) is 12.8 Å². The summed E-state index contributed by atoms with van der Waals surface area (Å²) in [7, 11) is 0. The zero-order valence-electron chi connectivity index (χ0n) is 14.9. The van der Waals surface area contributed by atoms with Crippen molar-refractivity contribution in [3.05, 3.63) is 17.6 Å². The standard InChI is InChI=1S/C16H19F7N4O/c1-7(15(18,19)20)24-13-11(17)12(9-4-3-5-10(28)6-9)26-14(27-13)25-8(2)16(21,22)23/h6-8,10,28H,3-5H2,1-2H3,(H2,24,25,26,27). The number of rotatable bonds is 5. The van der Waals surface area contributed by atoms with Crippen LogP contribution < -0.4 is 10.6 Å². The maximum atomic E-state index is 14.8. The van der Waals surface area contributed by atoms with Crippen LogP contribution in [0.3, 0.4) is 0 Å². The number of aliphatic hydroxyl groups excluding tert-OH is 1. The van der Waals surface area contributed by atoms with Crippen LogP contribution in [-0.4, -0.2) is 45.6 Å². The first-order chi connectivity index (χ1) is 12.8. The van der Waals surface area contributed by atoms with Gasteiger partial charge in [0, 0.05) is 0 Å². The molecule has 0 radical (unpaired) electrons. The van der Waals surface area contributed by atoms with E-state index in [1.165, 1.54) is 6.08 Å². The van der Waals surface area contributed by atoms with E-state index in [-0.39, 0.29) is 12.0 Å². The molecule has 1 aromatic heterocycles. The lowest BCUT2D eigenvalue weighted by Gasteiger charge is -2.23. The molecule has 5 nitrogen and oxygen atoms in total. The van der Waals surface area contributed by atoms with Gasteiger partial charge in [-0.25, -0.2) is 9.37 Å². The highest BCUT2D eigenvalue weighted by Crippen LogP contribution is 2.32. The first-order valence-electron chi connectivity index (χ1n) is 8.42. The molecule has 0 bridgehead atoms. The Morgan fingerprint density at radius 2 is 1.61 bits per heavy atom. The number of aliphatic hydroxyl groups is 1. The first kappa shape index (κ1) is 22.2. The number of anilines is 2. The van der Waals surface area contributed by atoms with Crippen molar-refractivity contribution in [1.82, 2.24) is 9.97 Å². The second-order valence-electron chi connectivity index (χ2n) is 6.53. The summed E-state index contributed by atoms with van der Waals surface area (Å²) < 4.78 is 91.5. The van der Waals surface area contributed by atoms with E-state index in [9.17, 15) is 35.8 Å². The van der Waals surface area contributed by atoms with E-state index >= 15 is 0 Å². The van der Waals surface area contributed by atoms with Gasteiger partial charge in [0.05, 0.1) is 6.10 Å². The normalized spacial score (nSPS) is 20.4. The lowest BCUT2D eigenvalue weighted by molar-refractivity contribution is -0.139. The summed E-state index contributed by atoms with van der Waals surface area (Å²) in [6.07, 6.45) is -7.91. The Bertz CT molecular complexity index is 733. The van der Waals surface area contributed by atoms with Crippen LogP contribution >= 0.6 is 0 Å². The van der Waals surface area contributed by atoms with Crippen molar-refractivity contribution in [2.75, 3.05) is 10.6 Å². The van der Waals surface area contributed by atoms with Gasteiger partial charge in [0.1, 0.15) is 17.8 Å². The molecule has 158 valence electrons. The third kappa shape index (κ3) is 5.46. The van der Waals surface area contributed by atoms with Crippen LogP contribution in [0.5, 0.6) is 0 Å². The van der Waals surface area contributed by atoms with Gasteiger partial charge in [-0.05, 0) is 38.7 Å². The summed E-state index contributed by atoms with van der Waals surface area (Å²) in [5, 5.41) is 13.5. The van der Waals surface area contributed by atoms with Gasteiger partial charge in [-0.1, -0.05) is 6.08 Å². The third-order valence-electron chi connectivity index (χ3n) is 4.18. The molecule has 0 aliphatic heterocycles. The smallest absolute Gasteiger partial charge is 0.389 e. The zero-order valence-corrected chi connectivity index (χ0v) is 14.9. The maximum Gasteiger partial charge on any atom is 0.408 e. The predicted molar refractivity (Wildman–Crippen MR) is 88.1 cm³/mol. The van der Waals surface area contributed by atoms with Gasteiger partial charge in [-0.2, -0.15) is 31.3 Å². The minimum absolute atomic E-state index is 0.184. The van der Waals surface area contributed by atoms with E-state index in [4.69, 9.17) is 0 Å². The second kappa shape index (κ2) is 8.10. The largest absolute Gasteiger partial charge is 0.408 e. The van der Waals surface area contributed by atoms with E-state index in [2.05, 4.69) is 9.97 Å². The van der Waals surface area contributed by atoms with Crippen LogP contribution in [0.25, 0.3) is 5.57 Å². The fourth-order valence-corrected chi connectivity index (χ4v) is 2.48. The number of alkyl halides is 6. The Balaban J connectivity index is 2.48. The van der Waals surface area contributed by atoms with E-state index < -0.39 is 53.8 Å². The minimum Gasteiger partial charge on any atom is -0.389 e. The fraction of sp³-hybridized carbons (Fsp3) is 0.625. The molecule has 1 aromatic rings. The lowest BCUT2D eigenvalue weighted by atomic mass is 9.95. The molecule has 0 aromatic carbocycles. The van der Waals surface area contributed by atoms with Crippen molar-refractivity contribution < 1.29 is 35.8 Å². The Morgan fingerprint density at radius 3 is 2.14 bits per heavy atom. The number of halogens is 7. The summed E-state index contributed by atoms with van der Waals surface area (Å²) in [4.78, 5) is 7.17. The predicted octanol–water partition coefficient (Wildman–Crippen LogP) is 4.27. The highest BCUT2D eigenvalue weighted by atomic mass is 19.4. The van der Waals surface area contributed by atoms with E-state index in [0.717, 1.165) is 13.8 Å². The van der Waals surface area contributed by atoms with Gasteiger partial charge in [-0.3, -0.25) is 0 Å². The summed E-state index contributed by atoms with van der Waals surface area (Å²) in [6, 6.07) is -4.33. The second-order valence-corrected chi connectivity index (χ2v) is 6.53. The summed E-state index contributed by atoms with van der Waals surface area (Å²) in [5.74, 6) is -2.80. The zero-order chi connectivity index (χ0) is 21.3. The molecule has 3 N–H and O–H groups in total. The van der Waals surface area contributed by atoms with Crippen molar-refractivity contribution in [2.24, 2.45) is 0 Å². The molecule has 1 heterocycles. The highest BCUT2D eigenvalue weighted by molar-refractivity contribution is 5.68. The van der Waals surface area contributed by atoms with Gasteiger partial charge in [0.15, 0.2) is 11.6 Å². The molecule has 3 atom stereocenters. The van der Waals surface area contributed by atoms with Gasteiger partial charge >= 0.3 is 12.4 Å². The topological polar surface area (TPSA) is 70.1 Å². The Hall–Kier alpha value is -2.11. The monoisotopic (exact) mass is 416 g/mol. The Labute approximate surface area is 156 Å². The molecule has 3 unspecified atom stereocenters. The molecule has 0 amide bonds. The quantitative estimate of drug-likeness (QED) is 0.626. The average Bonchev–Trinajstić information content (AvgIpc) is 2.55. The molecular weight excluding hydrogens is 397 g/mol. The molecule has 0 spiro atoms. The maximum absolute atomic E-state index is 14.8. The molecular formula is C16H19F7N4O. The van der Waals surface area contributed by atoms with Crippen LogP contribution in [0.15, 0.2) is 6.08 Å². The minimum atomic E-state index is -4.73. The average molecular weight is 416 g/mol. The molecule has 1 aliphatic carbocycles. The van der Waals surface area contributed by atoms with Gasteiger partial charge in [0.2, 0.25) is 5.95 Å². The van der Waals surface area contributed by atoms with Crippen molar-refractivity contribution in [2.45, 2.75) is 63.7 Å². The molecule has 0 saturated carbocycles. The third-order valence-corrected chi connectivity index (χ3v) is 4.18. The molecule has 0 fully saturated rings. The summed E-state index contributed by atoms with van der Waals surface area (Å²) >= 11 is 0. The van der Waals surface area contributed by atoms with Crippen LogP contribution in [-0.2, 0) is 0 Å². The van der Waals surface area contributed by atoms with Gasteiger partial charge < -0.3 is 15.7 Å². The Morgan fingerprint density at radius 1 is 1.04 bits per heavy atom. The molecule has 28 heavy (non-hydrogen) atoms. The van der Waals surface area contributed by atoms with Crippen molar-refractivity contribution in [3.8, 4) is 0 Å². The van der Waals surface area contributed by atoms with Crippen LogP contribution in [0, 0.1) is 5.82 Å². The number of hydrogen-bond donors (Lipinski definition) is 3. The Kier molecular flexibility index (Phi) is 6.41. The van der Waals surface area contributed by atoms with E-state index in [1.54, 1.807) is 0 Å². The van der Waals surface area contributed by atoms with Gasteiger partial charge in [0.25, 0.3) is 0 Å². The number of aromatic nitrogens is 2. The number of allylic oxidation sites excluding steroid dienone is 1. The number of hydrogen-bond acceptors (Lipinski definition) is 5. The lowest BCUT2D eigenvalue weighted by Crippen LogP contribution is -2.35. The van der Waals surface area contributed by atoms with E-state index in [1.807, 2.05) is 10.6 Å². The molecule has 0 saturated heterocycles.